The Bertz CT molecular complexity index is 317. The van der Waals surface area contributed by atoms with Gasteiger partial charge in [0.25, 0.3) is 0 Å². The Kier molecular flexibility index (Phi) is 6.02. The van der Waals surface area contributed by atoms with Gasteiger partial charge in [-0.1, -0.05) is 0 Å². The summed E-state index contributed by atoms with van der Waals surface area (Å²) in [5, 5.41) is 3.11. The SMILES string of the molecule is Cl.Cl.Fc1cnc(C2CCCN2)c(F)c1. The summed E-state index contributed by atoms with van der Waals surface area (Å²) in [5.74, 6) is -1.18. The molecule has 0 saturated carbocycles. The molecule has 1 saturated heterocycles. The second kappa shape index (κ2) is 6.20. The molecule has 1 aliphatic rings. The van der Waals surface area contributed by atoms with E-state index in [1.165, 1.54) is 0 Å². The first kappa shape index (κ1) is 14.6. The zero-order chi connectivity index (χ0) is 9.26. The van der Waals surface area contributed by atoms with Crippen LogP contribution in [0.5, 0.6) is 0 Å². The van der Waals surface area contributed by atoms with E-state index in [9.17, 15) is 8.78 Å². The molecular weight excluding hydrogens is 245 g/mol. The van der Waals surface area contributed by atoms with E-state index < -0.39 is 11.6 Å². The Balaban J connectivity index is 0.000000980. The first-order chi connectivity index (χ1) is 6.27. The number of hydrogen-bond donors (Lipinski definition) is 1. The van der Waals surface area contributed by atoms with Gasteiger partial charge >= 0.3 is 0 Å². The van der Waals surface area contributed by atoms with Gasteiger partial charge in [-0.15, -0.1) is 24.8 Å². The lowest BCUT2D eigenvalue weighted by Gasteiger charge is -2.09. The van der Waals surface area contributed by atoms with Crippen LogP contribution in [-0.2, 0) is 0 Å². The Morgan fingerprint density at radius 2 is 2.07 bits per heavy atom. The molecule has 0 radical (unpaired) electrons. The summed E-state index contributed by atoms with van der Waals surface area (Å²) in [6.45, 7) is 0.878. The van der Waals surface area contributed by atoms with E-state index >= 15 is 0 Å². The van der Waals surface area contributed by atoms with Crippen molar-refractivity contribution in [3.63, 3.8) is 0 Å². The lowest BCUT2D eigenvalue weighted by Crippen LogP contribution is -2.15. The Labute approximate surface area is 99.3 Å². The molecule has 0 aliphatic carbocycles. The number of nitrogens with zero attached hydrogens (tertiary/aromatic N) is 1. The molecule has 0 spiro atoms. The van der Waals surface area contributed by atoms with Crippen molar-refractivity contribution in [2.24, 2.45) is 0 Å². The van der Waals surface area contributed by atoms with E-state index in [1.807, 2.05) is 0 Å². The predicted octanol–water partition coefficient (Wildman–Crippen LogP) is 2.63. The van der Waals surface area contributed by atoms with Crippen LogP contribution in [0.25, 0.3) is 0 Å². The summed E-state index contributed by atoms with van der Waals surface area (Å²) >= 11 is 0. The van der Waals surface area contributed by atoms with Gasteiger partial charge in [0.1, 0.15) is 11.6 Å². The summed E-state index contributed by atoms with van der Waals surface area (Å²) in [6.07, 6.45) is 2.94. The number of nitrogens with one attached hydrogen (secondary N) is 1. The molecule has 0 aromatic carbocycles. The van der Waals surface area contributed by atoms with Crippen LogP contribution in [0.4, 0.5) is 8.78 Å². The van der Waals surface area contributed by atoms with Gasteiger partial charge in [0, 0.05) is 6.07 Å². The van der Waals surface area contributed by atoms with Crippen LogP contribution in [0.15, 0.2) is 12.3 Å². The highest BCUT2D eigenvalue weighted by Crippen LogP contribution is 2.23. The number of pyridine rings is 1. The van der Waals surface area contributed by atoms with Crippen LogP contribution in [0.1, 0.15) is 24.6 Å². The van der Waals surface area contributed by atoms with E-state index in [2.05, 4.69) is 10.3 Å². The third-order valence-corrected chi connectivity index (χ3v) is 2.23. The van der Waals surface area contributed by atoms with E-state index in [1.54, 1.807) is 0 Å². The van der Waals surface area contributed by atoms with Crippen molar-refractivity contribution in [1.82, 2.24) is 10.3 Å². The fraction of sp³-hybridized carbons (Fsp3) is 0.444. The van der Waals surface area contributed by atoms with Crippen molar-refractivity contribution in [1.29, 1.82) is 0 Å². The normalized spacial score (nSPS) is 19.2. The van der Waals surface area contributed by atoms with Gasteiger partial charge in [-0.25, -0.2) is 8.78 Å². The minimum Gasteiger partial charge on any atom is -0.309 e. The Morgan fingerprint density at radius 1 is 1.33 bits per heavy atom. The highest BCUT2D eigenvalue weighted by atomic mass is 35.5. The maximum atomic E-state index is 13.2. The van der Waals surface area contributed by atoms with Crippen LogP contribution in [-0.4, -0.2) is 11.5 Å². The fourth-order valence-electron chi connectivity index (χ4n) is 1.60. The number of aromatic nitrogens is 1. The van der Waals surface area contributed by atoms with Crippen LogP contribution in [0.3, 0.4) is 0 Å². The topological polar surface area (TPSA) is 24.9 Å². The van der Waals surface area contributed by atoms with Crippen molar-refractivity contribution >= 4 is 24.8 Å². The molecule has 86 valence electrons. The second-order valence-electron chi connectivity index (χ2n) is 3.17. The summed E-state index contributed by atoms with van der Waals surface area (Å²) < 4.78 is 25.7. The largest absolute Gasteiger partial charge is 0.309 e. The van der Waals surface area contributed by atoms with Gasteiger partial charge in [0.05, 0.1) is 17.9 Å². The lowest BCUT2D eigenvalue weighted by molar-refractivity contribution is 0.520. The third-order valence-electron chi connectivity index (χ3n) is 2.23. The van der Waals surface area contributed by atoms with Gasteiger partial charge in [-0.05, 0) is 19.4 Å². The average molecular weight is 257 g/mol. The minimum atomic E-state index is -0.626. The number of halogens is 4. The highest BCUT2D eigenvalue weighted by Gasteiger charge is 2.20. The van der Waals surface area contributed by atoms with Crippen LogP contribution >= 0.6 is 24.8 Å². The third kappa shape index (κ3) is 3.26. The van der Waals surface area contributed by atoms with E-state index in [0.29, 0.717) is 5.69 Å². The summed E-state index contributed by atoms with van der Waals surface area (Å²) in [4.78, 5) is 3.75. The molecule has 1 atom stereocenters. The molecule has 15 heavy (non-hydrogen) atoms. The second-order valence-corrected chi connectivity index (χ2v) is 3.17. The zero-order valence-electron chi connectivity index (χ0n) is 7.87. The molecule has 1 aromatic heterocycles. The quantitative estimate of drug-likeness (QED) is 0.836. The number of hydrogen-bond acceptors (Lipinski definition) is 2. The fourth-order valence-corrected chi connectivity index (χ4v) is 1.60. The molecule has 2 nitrogen and oxygen atoms in total. The molecule has 1 aliphatic heterocycles. The maximum absolute atomic E-state index is 13.2. The summed E-state index contributed by atoms with van der Waals surface area (Å²) in [6, 6.07) is 0.836. The van der Waals surface area contributed by atoms with Crippen LogP contribution in [0.2, 0.25) is 0 Å². The first-order valence-corrected chi connectivity index (χ1v) is 4.31. The molecule has 1 unspecified atom stereocenters. The molecule has 1 fully saturated rings. The van der Waals surface area contributed by atoms with Gasteiger partial charge in [-0.2, -0.15) is 0 Å². The average Bonchev–Trinajstić information content (AvgIpc) is 2.56. The number of rotatable bonds is 1. The molecular formula is C9H12Cl2F2N2. The van der Waals surface area contributed by atoms with Crippen molar-refractivity contribution in [3.05, 3.63) is 29.6 Å². The molecule has 2 heterocycles. The highest BCUT2D eigenvalue weighted by molar-refractivity contribution is 5.85. The van der Waals surface area contributed by atoms with Crippen molar-refractivity contribution in [2.45, 2.75) is 18.9 Å². The first-order valence-electron chi connectivity index (χ1n) is 4.31. The van der Waals surface area contributed by atoms with E-state index in [0.717, 1.165) is 31.6 Å². The summed E-state index contributed by atoms with van der Waals surface area (Å²) in [7, 11) is 0. The van der Waals surface area contributed by atoms with Gasteiger partial charge in [-0.3, -0.25) is 4.98 Å². The van der Waals surface area contributed by atoms with Crippen LogP contribution < -0.4 is 5.32 Å². The maximum Gasteiger partial charge on any atom is 0.149 e. The lowest BCUT2D eigenvalue weighted by atomic mass is 10.1. The van der Waals surface area contributed by atoms with Gasteiger partial charge in [0.15, 0.2) is 0 Å². The monoisotopic (exact) mass is 256 g/mol. The molecule has 1 N–H and O–H groups in total. The zero-order valence-corrected chi connectivity index (χ0v) is 9.51. The van der Waals surface area contributed by atoms with Crippen molar-refractivity contribution < 1.29 is 8.78 Å². The standard InChI is InChI=1S/C9H10F2N2.2ClH/c10-6-4-7(11)9(13-5-6)8-2-1-3-12-8;;/h4-5,8,12H,1-3H2;2*1H. The smallest absolute Gasteiger partial charge is 0.149 e. The molecule has 2 rings (SSSR count). The van der Waals surface area contributed by atoms with Crippen molar-refractivity contribution in [2.75, 3.05) is 6.54 Å². The molecule has 1 aromatic rings. The Morgan fingerprint density at radius 3 is 2.60 bits per heavy atom. The Hall–Kier alpha value is -0.450. The van der Waals surface area contributed by atoms with Gasteiger partial charge < -0.3 is 5.32 Å². The predicted molar refractivity (Wildman–Crippen MR) is 58.6 cm³/mol. The summed E-state index contributed by atoms with van der Waals surface area (Å²) in [5.41, 5.74) is 0.332. The van der Waals surface area contributed by atoms with Gasteiger partial charge in [0.2, 0.25) is 0 Å². The minimum absolute atomic E-state index is 0. The van der Waals surface area contributed by atoms with Crippen LogP contribution in [0, 0.1) is 11.6 Å². The molecule has 6 heteroatoms. The molecule has 0 bridgehead atoms. The van der Waals surface area contributed by atoms with E-state index in [-0.39, 0.29) is 30.9 Å². The van der Waals surface area contributed by atoms with E-state index in [4.69, 9.17) is 0 Å². The van der Waals surface area contributed by atoms with Crippen molar-refractivity contribution in [3.8, 4) is 0 Å². The molecule has 0 amide bonds.